The van der Waals surface area contributed by atoms with Gasteiger partial charge in [0, 0.05) is 0 Å². The van der Waals surface area contributed by atoms with Crippen molar-refractivity contribution in [2.45, 2.75) is 79.1 Å². The molecule has 0 aliphatic heterocycles. The van der Waals surface area contributed by atoms with Crippen LogP contribution in [0.5, 0.6) is 0 Å². The van der Waals surface area contributed by atoms with Gasteiger partial charge in [-0.2, -0.15) is 0 Å². The van der Waals surface area contributed by atoms with E-state index in [0.717, 1.165) is 51.4 Å². The molecular formula is C18H34O4. The number of hydrogen-bond donors (Lipinski definition) is 0. The Balaban J connectivity index is 3.94. The van der Waals surface area contributed by atoms with E-state index >= 15 is 0 Å². The number of ether oxygens (including phenoxy) is 2. The zero-order valence-electron chi connectivity index (χ0n) is 14.9. The van der Waals surface area contributed by atoms with Crippen molar-refractivity contribution in [3.8, 4) is 0 Å². The molecule has 0 fully saturated rings. The van der Waals surface area contributed by atoms with Crippen molar-refractivity contribution in [3.05, 3.63) is 0 Å². The van der Waals surface area contributed by atoms with Crippen LogP contribution >= 0.6 is 0 Å². The van der Waals surface area contributed by atoms with Crippen LogP contribution in [0.1, 0.15) is 79.1 Å². The highest BCUT2D eigenvalue weighted by molar-refractivity contribution is 5.73. The number of carbonyl (C=O) groups excluding carboxylic acids is 2. The first-order valence-corrected chi connectivity index (χ1v) is 8.93. The zero-order valence-corrected chi connectivity index (χ0v) is 14.9. The van der Waals surface area contributed by atoms with Crippen molar-refractivity contribution in [2.24, 2.45) is 11.8 Å². The summed E-state index contributed by atoms with van der Waals surface area (Å²) in [5.41, 5.74) is 0. The molecule has 22 heavy (non-hydrogen) atoms. The van der Waals surface area contributed by atoms with E-state index in [-0.39, 0.29) is 37.0 Å². The Bertz CT molecular complexity index is 271. The Kier molecular flexibility index (Phi) is 12.9. The van der Waals surface area contributed by atoms with Gasteiger partial charge in [0.05, 0.1) is 11.8 Å². The fourth-order valence-corrected chi connectivity index (χ4v) is 2.40. The number of rotatable bonds is 13. The van der Waals surface area contributed by atoms with Gasteiger partial charge in [-0.15, -0.1) is 0 Å². The van der Waals surface area contributed by atoms with Crippen LogP contribution in [-0.2, 0) is 19.1 Å². The van der Waals surface area contributed by atoms with Crippen molar-refractivity contribution in [1.29, 1.82) is 0 Å². The van der Waals surface area contributed by atoms with E-state index in [9.17, 15) is 9.59 Å². The highest BCUT2D eigenvalue weighted by Gasteiger charge is 2.19. The summed E-state index contributed by atoms with van der Waals surface area (Å²) in [6.07, 6.45) is 7.59. The van der Waals surface area contributed by atoms with Gasteiger partial charge in [0.1, 0.15) is 13.2 Å². The molecule has 0 aliphatic rings. The van der Waals surface area contributed by atoms with Gasteiger partial charge >= 0.3 is 11.9 Å². The minimum atomic E-state index is -0.162. The van der Waals surface area contributed by atoms with Crippen LogP contribution in [0.4, 0.5) is 0 Å². The van der Waals surface area contributed by atoms with Crippen LogP contribution in [0.25, 0.3) is 0 Å². The summed E-state index contributed by atoms with van der Waals surface area (Å²) in [4.78, 5) is 23.8. The third-order valence-electron chi connectivity index (χ3n) is 4.04. The van der Waals surface area contributed by atoms with Gasteiger partial charge in [-0.05, 0) is 25.7 Å². The first-order valence-electron chi connectivity index (χ1n) is 8.93. The molecule has 4 nitrogen and oxygen atoms in total. The molecule has 0 radical (unpaired) electrons. The molecule has 4 heteroatoms. The third-order valence-corrected chi connectivity index (χ3v) is 4.04. The lowest BCUT2D eigenvalue weighted by atomic mass is 10.00. The van der Waals surface area contributed by atoms with Gasteiger partial charge in [-0.1, -0.05) is 53.4 Å². The molecule has 0 N–H and O–H groups in total. The van der Waals surface area contributed by atoms with Crippen LogP contribution in [-0.4, -0.2) is 25.2 Å². The van der Waals surface area contributed by atoms with Crippen LogP contribution in [0.2, 0.25) is 0 Å². The second-order valence-corrected chi connectivity index (χ2v) is 5.83. The molecule has 0 heterocycles. The monoisotopic (exact) mass is 314 g/mol. The Hall–Kier alpha value is -1.06. The lowest BCUT2D eigenvalue weighted by Gasteiger charge is -2.15. The van der Waals surface area contributed by atoms with Crippen LogP contribution in [0.3, 0.4) is 0 Å². The molecule has 0 bridgehead atoms. The maximum absolute atomic E-state index is 11.9. The topological polar surface area (TPSA) is 52.6 Å². The number of carbonyl (C=O) groups is 2. The van der Waals surface area contributed by atoms with Gasteiger partial charge < -0.3 is 9.47 Å². The molecule has 2 atom stereocenters. The zero-order chi connectivity index (χ0) is 16.8. The standard InChI is InChI=1S/C18H34O4/c1-5-9-11-15(7-3)17(19)21-13-14-22-18(20)16(8-4)12-10-6-2/h15-16H,5-14H2,1-4H3/t15-,16+. The molecule has 0 aromatic carbocycles. The largest absolute Gasteiger partial charge is 0.462 e. The van der Waals surface area contributed by atoms with Gasteiger partial charge in [0.25, 0.3) is 0 Å². The second-order valence-electron chi connectivity index (χ2n) is 5.83. The summed E-state index contributed by atoms with van der Waals surface area (Å²) >= 11 is 0. The first-order chi connectivity index (χ1) is 10.6. The fourth-order valence-electron chi connectivity index (χ4n) is 2.40. The Morgan fingerprint density at radius 2 is 1.09 bits per heavy atom. The molecule has 0 spiro atoms. The van der Waals surface area contributed by atoms with E-state index in [1.807, 2.05) is 13.8 Å². The van der Waals surface area contributed by atoms with Crippen molar-refractivity contribution < 1.29 is 19.1 Å². The smallest absolute Gasteiger partial charge is 0.309 e. The van der Waals surface area contributed by atoms with E-state index in [0.29, 0.717) is 0 Å². The lowest BCUT2D eigenvalue weighted by molar-refractivity contribution is -0.157. The number of hydrogen-bond acceptors (Lipinski definition) is 4. The quantitative estimate of drug-likeness (QED) is 0.371. The summed E-state index contributed by atoms with van der Waals surface area (Å²) in [6.45, 7) is 8.55. The van der Waals surface area contributed by atoms with E-state index in [1.54, 1.807) is 0 Å². The van der Waals surface area contributed by atoms with Crippen molar-refractivity contribution in [2.75, 3.05) is 13.2 Å². The third kappa shape index (κ3) is 9.06. The molecule has 0 saturated carbocycles. The molecular weight excluding hydrogens is 280 g/mol. The average molecular weight is 314 g/mol. The van der Waals surface area contributed by atoms with Gasteiger partial charge in [-0.25, -0.2) is 0 Å². The van der Waals surface area contributed by atoms with Crippen LogP contribution < -0.4 is 0 Å². The van der Waals surface area contributed by atoms with Crippen LogP contribution in [0, 0.1) is 11.8 Å². The summed E-state index contributed by atoms with van der Waals surface area (Å²) in [5.74, 6) is -0.373. The minimum absolute atomic E-state index is 0.0244. The van der Waals surface area contributed by atoms with E-state index in [1.165, 1.54) is 0 Å². The fraction of sp³-hybridized carbons (Fsp3) is 0.889. The number of esters is 2. The first kappa shape index (κ1) is 20.9. The highest BCUT2D eigenvalue weighted by Crippen LogP contribution is 2.15. The van der Waals surface area contributed by atoms with E-state index in [4.69, 9.17) is 9.47 Å². The SMILES string of the molecule is CCCC[C@@H](CC)C(=O)OCCOC(=O)[C@@H](CC)CCCC. The second kappa shape index (κ2) is 13.6. The molecule has 0 aromatic heterocycles. The molecule has 0 unspecified atom stereocenters. The van der Waals surface area contributed by atoms with Crippen molar-refractivity contribution in [3.63, 3.8) is 0 Å². The Morgan fingerprint density at radius 1 is 0.727 bits per heavy atom. The normalized spacial score (nSPS) is 13.5. The van der Waals surface area contributed by atoms with Crippen molar-refractivity contribution >= 4 is 11.9 Å². The van der Waals surface area contributed by atoms with Crippen LogP contribution in [0.15, 0.2) is 0 Å². The predicted molar refractivity (Wildman–Crippen MR) is 88.5 cm³/mol. The highest BCUT2D eigenvalue weighted by atomic mass is 16.6. The van der Waals surface area contributed by atoms with Gasteiger partial charge in [0.15, 0.2) is 0 Å². The maximum atomic E-state index is 11.9. The number of unbranched alkanes of at least 4 members (excludes halogenated alkanes) is 2. The average Bonchev–Trinajstić information content (AvgIpc) is 2.53. The van der Waals surface area contributed by atoms with E-state index < -0.39 is 0 Å². The summed E-state index contributed by atoms with van der Waals surface area (Å²) in [6, 6.07) is 0. The molecule has 0 rings (SSSR count). The lowest BCUT2D eigenvalue weighted by Crippen LogP contribution is -2.22. The predicted octanol–water partition coefficient (Wildman–Crippen LogP) is 4.51. The van der Waals surface area contributed by atoms with Crippen molar-refractivity contribution in [1.82, 2.24) is 0 Å². The molecule has 0 amide bonds. The van der Waals surface area contributed by atoms with Gasteiger partial charge in [-0.3, -0.25) is 9.59 Å². The Labute approximate surface area is 135 Å². The van der Waals surface area contributed by atoms with Gasteiger partial charge in [0.2, 0.25) is 0 Å². The molecule has 0 aliphatic carbocycles. The Morgan fingerprint density at radius 3 is 1.36 bits per heavy atom. The molecule has 130 valence electrons. The molecule has 0 saturated heterocycles. The maximum Gasteiger partial charge on any atom is 0.309 e. The van der Waals surface area contributed by atoms with E-state index in [2.05, 4.69) is 13.8 Å². The minimum Gasteiger partial charge on any atom is -0.462 e. The summed E-state index contributed by atoms with van der Waals surface area (Å²) in [5, 5.41) is 0. The summed E-state index contributed by atoms with van der Waals surface area (Å²) < 4.78 is 10.4. The summed E-state index contributed by atoms with van der Waals surface area (Å²) in [7, 11) is 0. The molecule has 0 aromatic rings.